The van der Waals surface area contributed by atoms with Gasteiger partial charge in [-0.25, -0.2) is 9.59 Å². The molecule has 4 aliphatic rings. The van der Waals surface area contributed by atoms with Crippen molar-refractivity contribution in [3.8, 4) is 0 Å². The second-order valence-electron chi connectivity index (χ2n) is 8.13. The summed E-state index contributed by atoms with van der Waals surface area (Å²) in [6.07, 6.45) is -2.19. The zero-order chi connectivity index (χ0) is 24.0. The minimum absolute atomic E-state index is 0.201. The Labute approximate surface area is 186 Å². The Bertz CT molecular complexity index is 862. The molecule has 178 valence electrons. The molecule has 3 fully saturated rings. The van der Waals surface area contributed by atoms with E-state index in [0.29, 0.717) is 13.0 Å². The van der Waals surface area contributed by atoms with Gasteiger partial charge in [0.2, 0.25) is 11.8 Å². The molecule has 0 aromatic heterocycles. The number of nitrogens with zero attached hydrogens (tertiary/aromatic N) is 3. The second kappa shape index (κ2) is 8.56. The van der Waals surface area contributed by atoms with E-state index < -0.39 is 35.5 Å². The van der Waals surface area contributed by atoms with Crippen molar-refractivity contribution in [1.82, 2.24) is 9.80 Å². The number of carbonyl (C=O) groups excluding carboxylic acids is 3. The average Bonchev–Trinajstić information content (AvgIpc) is 3.34. The summed E-state index contributed by atoms with van der Waals surface area (Å²) >= 11 is 1.65. The maximum absolute atomic E-state index is 12.9. The van der Waals surface area contributed by atoms with E-state index in [1.54, 1.807) is 11.8 Å². The molecule has 0 spiro atoms. The third-order valence-electron chi connectivity index (χ3n) is 6.35. The van der Waals surface area contributed by atoms with E-state index in [-0.39, 0.29) is 17.9 Å². The molecule has 9 nitrogen and oxygen atoms in total. The molecule has 4 atom stereocenters. The van der Waals surface area contributed by atoms with Crippen molar-refractivity contribution in [3.05, 3.63) is 0 Å². The predicted molar refractivity (Wildman–Crippen MR) is 107 cm³/mol. The van der Waals surface area contributed by atoms with Crippen LogP contribution in [0.4, 0.5) is 13.2 Å². The van der Waals surface area contributed by atoms with Gasteiger partial charge in [0.1, 0.15) is 0 Å². The molecule has 13 heteroatoms. The van der Waals surface area contributed by atoms with Crippen LogP contribution in [-0.2, 0) is 23.9 Å². The van der Waals surface area contributed by atoms with Crippen molar-refractivity contribution >= 4 is 40.7 Å². The lowest BCUT2D eigenvalue weighted by atomic mass is 9.78. The highest BCUT2D eigenvalue weighted by Crippen LogP contribution is 2.53. The van der Waals surface area contributed by atoms with Crippen LogP contribution in [0.1, 0.15) is 26.2 Å². The van der Waals surface area contributed by atoms with E-state index in [9.17, 15) is 27.6 Å². The summed E-state index contributed by atoms with van der Waals surface area (Å²) in [5.74, 6) is -3.18. The number of alkyl halides is 3. The number of carbonyl (C=O) groups is 4. The Morgan fingerprint density at radius 2 is 1.88 bits per heavy atom. The number of methoxy groups -OCH3 is 1. The summed E-state index contributed by atoms with van der Waals surface area (Å²) < 4.78 is 36.9. The van der Waals surface area contributed by atoms with Gasteiger partial charge < -0.3 is 14.7 Å². The van der Waals surface area contributed by atoms with E-state index in [4.69, 9.17) is 14.6 Å². The molecule has 4 rings (SSSR count). The van der Waals surface area contributed by atoms with Gasteiger partial charge in [-0.1, -0.05) is 18.7 Å². The summed E-state index contributed by atoms with van der Waals surface area (Å²) in [6, 6.07) is -0.229. The Balaban J connectivity index is 0.000000360. The average molecular weight is 479 g/mol. The van der Waals surface area contributed by atoms with Crippen molar-refractivity contribution in [2.45, 2.75) is 43.9 Å². The van der Waals surface area contributed by atoms with Gasteiger partial charge in [0.15, 0.2) is 10.7 Å². The van der Waals surface area contributed by atoms with Gasteiger partial charge in [-0.05, 0) is 25.2 Å². The number of rotatable bonds is 4. The molecule has 0 aromatic rings. The van der Waals surface area contributed by atoms with Crippen LogP contribution in [0.5, 0.6) is 0 Å². The molecular formula is C19H24F3N3O6S. The van der Waals surface area contributed by atoms with Crippen LogP contribution in [0.2, 0.25) is 0 Å². The van der Waals surface area contributed by atoms with E-state index in [1.165, 1.54) is 31.9 Å². The van der Waals surface area contributed by atoms with Gasteiger partial charge in [-0.15, -0.1) is 0 Å². The van der Waals surface area contributed by atoms with Crippen molar-refractivity contribution in [3.63, 3.8) is 0 Å². The molecule has 0 bridgehead atoms. The summed E-state index contributed by atoms with van der Waals surface area (Å²) in [5, 5.41) is 7.92. The van der Waals surface area contributed by atoms with Gasteiger partial charge >= 0.3 is 18.1 Å². The fourth-order valence-electron chi connectivity index (χ4n) is 4.62. The number of fused-ring (bicyclic) bond motifs is 3. The van der Waals surface area contributed by atoms with Gasteiger partial charge in [-0.2, -0.15) is 13.2 Å². The minimum Gasteiger partial charge on any atom is -0.475 e. The van der Waals surface area contributed by atoms with E-state index in [1.807, 2.05) is 11.8 Å². The highest BCUT2D eigenvalue weighted by Gasteiger charge is 2.72. The first-order chi connectivity index (χ1) is 14.9. The molecule has 0 aromatic carbocycles. The Morgan fingerprint density at radius 1 is 1.28 bits per heavy atom. The topological polar surface area (TPSA) is 117 Å². The number of halogens is 3. The molecule has 1 aliphatic carbocycles. The number of imide groups is 1. The standard InChI is InChI=1S/C17H23N3O4S.C2HF3O2/c1-4-17(15(23)24-3)12-11(13(21)19(2)14(12)22)10-7-18-16(20(10)17)25-8-9-5-6-9;3-2(4,5)1(6)7/h9-12H,4-8H2,1-3H3;(H,6,7)/t10-,11+,12-,17-;/m1./s1. The smallest absolute Gasteiger partial charge is 0.475 e. The third kappa shape index (κ3) is 3.84. The molecule has 0 radical (unpaired) electrons. The van der Waals surface area contributed by atoms with Crippen LogP contribution in [0.25, 0.3) is 0 Å². The predicted octanol–water partition coefficient (Wildman–Crippen LogP) is 1.37. The van der Waals surface area contributed by atoms with Crippen LogP contribution in [0, 0.1) is 17.8 Å². The number of aliphatic imine (C=N–C) groups is 1. The normalized spacial score (nSPS) is 31.1. The molecule has 3 heterocycles. The van der Waals surface area contributed by atoms with Gasteiger partial charge in [-0.3, -0.25) is 19.5 Å². The summed E-state index contributed by atoms with van der Waals surface area (Å²) in [6.45, 7) is 2.34. The maximum atomic E-state index is 12.9. The zero-order valence-corrected chi connectivity index (χ0v) is 18.5. The van der Waals surface area contributed by atoms with Crippen LogP contribution >= 0.6 is 11.8 Å². The summed E-state index contributed by atoms with van der Waals surface area (Å²) in [7, 11) is 2.85. The lowest BCUT2D eigenvalue weighted by Crippen LogP contribution is -2.59. The van der Waals surface area contributed by atoms with Crippen molar-refractivity contribution in [2.24, 2.45) is 22.7 Å². The van der Waals surface area contributed by atoms with Gasteiger partial charge in [0.05, 0.1) is 31.5 Å². The van der Waals surface area contributed by atoms with Crippen LogP contribution in [0.3, 0.4) is 0 Å². The molecule has 0 unspecified atom stereocenters. The number of likely N-dealkylation sites (tertiary alicyclic amines) is 1. The second-order valence-corrected chi connectivity index (χ2v) is 9.11. The van der Waals surface area contributed by atoms with E-state index in [0.717, 1.165) is 16.8 Å². The SMILES string of the molecule is CC[C@]1(C(=O)OC)[C@H]2C(=O)N(C)C(=O)[C@H]2[C@H]2CN=C(SCC3CC3)N21.O=C(O)C(F)(F)F. The Morgan fingerprint density at radius 3 is 2.34 bits per heavy atom. The highest BCUT2D eigenvalue weighted by atomic mass is 32.2. The quantitative estimate of drug-likeness (QED) is 0.475. The number of carboxylic acids is 1. The maximum Gasteiger partial charge on any atom is 0.490 e. The first-order valence-electron chi connectivity index (χ1n) is 10.1. The number of aliphatic carboxylic acids is 1. The number of hydrogen-bond acceptors (Lipinski definition) is 8. The fourth-order valence-corrected chi connectivity index (χ4v) is 5.94. The monoisotopic (exact) mass is 479 g/mol. The number of amides is 2. The minimum atomic E-state index is -5.08. The number of hydrogen-bond donors (Lipinski definition) is 1. The zero-order valence-electron chi connectivity index (χ0n) is 17.7. The number of esters is 1. The largest absolute Gasteiger partial charge is 0.490 e. The number of thioether (sulfide) groups is 1. The highest BCUT2D eigenvalue weighted by molar-refractivity contribution is 8.13. The Hall–Kier alpha value is -2.31. The van der Waals surface area contributed by atoms with Gasteiger partial charge in [0, 0.05) is 12.8 Å². The van der Waals surface area contributed by atoms with Crippen molar-refractivity contribution < 1.29 is 42.2 Å². The lowest BCUT2D eigenvalue weighted by molar-refractivity contribution is -0.192. The number of carboxylic acid groups (broad SMARTS) is 1. The van der Waals surface area contributed by atoms with Gasteiger partial charge in [0.25, 0.3) is 0 Å². The number of ether oxygens (including phenoxy) is 1. The molecule has 2 amide bonds. The van der Waals surface area contributed by atoms with Crippen LogP contribution in [-0.4, -0.2) is 88.0 Å². The fraction of sp³-hybridized carbons (Fsp3) is 0.737. The lowest BCUT2D eigenvalue weighted by Gasteiger charge is -2.39. The first-order valence-corrected chi connectivity index (χ1v) is 11.1. The summed E-state index contributed by atoms with van der Waals surface area (Å²) in [4.78, 5) is 55.1. The molecular weight excluding hydrogens is 455 g/mol. The van der Waals surface area contributed by atoms with Crippen molar-refractivity contribution in [1.29, 1.82) is 0 Å². The van der Waals surface area contributed by atoms with Crippen molar-refractivity contribution in [2.75, 3.05) is 26.5 Å². The molecule has 3 aliphatic heterocycles. The summed E-state index contributed by atoms with van der Waals surface area (Å²) in [5.41, 5.74) is -1.13. The van der Waals surface area contributed by atoms with E-state index in [2.05, 4.69) is 4.99 Å². The molecule has 1 N–H and O–H groups in total. The first kappa shape index (κ1) is 24.3. The third-order valence-corrected chi connectivity index (χ3v) is 7.57. The molecule has 32 heavy (non-hydrogen) atoms. The number of amidine groups is 1. The Kier molecular flexibility index (Phi) is 6.51. The molecule has 2 saturated heterocycles. The van der Waals surface area contributed by atoms with E-state index >= 15 is 0 Å². The van der Waals surface area contributed by atoms with Crippen LogP contribution < -0.4 is 0 Å². The van der Waals surface area contributed by atoms with Crippen LogP contribution in [0.15, 0.2) is 4.99 Å². The molecule has 1 saturated carbocycles.